The van der Waals surface area contributed by atoms with Gasteiger partial charge in [0.2, 0.25) is 10.0 Å². The van der Waals surface area contributed by atoms with Gasteiger partial charge in [0.15, 0.2) is 0 Å². The molecule has 0 aliphatic heterocycles. The summed E-state index contributed by atoms with van der Waals surface area (Å²) in [5, 5.41) is 5.11. The molecule has 1 aromatic carbocycles. The van der Waals surface area contributed by atoms with E-state index in [1.54, 1.807) is 18.2 Å². The maximum Gasteiger partial charge on any atom is 0.238 e. The highest BCUT2D eigenvalue weighted by Crippen LogP contribution is 2.37. The standard InChI is InChI=1S/C17H20FNO2S/c1-12(6-7-13(2)18)16-4-3-5-17(16)14-8-10-15(11-9-14)22(19,20)21/h6-11H,3-5H2,1-2H3,(H2,19,20,21)/b12-6+,13-7+. The molecule has 0 bridgehead atoms. The van der Waals surface area contributed by atoms with Gasteiger partial charge < -0.3 is 0 Å². The van der Waals surface area contributed by atoms with Gasteiger partial charge in [-0.3, -0.25) is 0 Å². The first-order valence-electron chi connectivity index (χ1n) is 7.15. The van der Waals surface area contributed by atoms with Crippen molar-refractivity contribution in [1.29, 1.82) is 0 Å². The van der Waals surface area contributed by atoms with Crippen molar-refractivity contribution >= 4 is 15.6 Å². The predicted octanol–water partition coefficient (Wildman–Crippen LogP) is 4.09. The van der Waals surface area contributed by atoms with Gasteiger partial charge in [-0.25, -0.2) is 17.9 Å². The van der Waals surface area contributed by atoms with Gasteiger partial charge in [0.25, 0.3) is 0 Å². The van der Waals surface area contributed by atoms with Gasteiger partial charge in [0, 0.05) is 0 Å². The van der Waals surface area contributed by atoms with Crippen molar-refractivity contribution in [3.8, 4) is 0 Å². The van der Waals surface area contributed by atoms with Crippen LogP contribution in [0.15, 0.2) is 58.3 Å². The molecule has 0 fully saturated rings. The van der Waals surface area contributed by atoms with Crippen LogP contribution in [-0.2, 0) is 10.0 Å². The minimum absolute atomic E-state index is 0.111. The number of rotatable bonds is 4. The Hall–Kier alpha value is -1.72. The summed E-state index contributed by atoms with van der Waals surface area (Å²) in [5.74, 6) is -0.225. The van der Waals surface area contributed by atoms with Crippen molar-refractivity contribution in [2.75, 3.05) is 0 Å². The van der Waals surface area contributed by atoms with E-state index in [1.807, 2.05) is 6.92 Å². The van der Waals surface area contributed by atoms with E-state index in [0.717, 1.165) is 30.4 Å². The van der Waals surface area contributed by atoms with Gasteiger partial charge in [-0.15, -0.1) is 0 Å². The van der Waals surface area contributed by atoms with Crippen LogP contribution in [0, 0.1) is 0 Å². The molecule has 1 aromatic rings. The topological polar surface area (TPSA) is 60.2 Å². The number of nitrogens with two attached hydrogens (primary N) is 1. The Kier molecular flexibility index (Phi) is 4.98. The lowest BCUT2D eigenvalue weighted by Crippen LogP contribution is -2.11. The zero-order chi connectivity index (χ0) is 16.3. The van der Waals surface area contributed by atoms with E-state index < -0.39 is 10.0 Å². The fourth-order valence-corrected chi connectivity index (χ4v) is 3.20. The van der Waals surface area contributed by atoms with Crippen molar-refractivity contribution in [2.45, 2.75) is 38.0 Å². The molecular weight excluding hydrogens is 301 g/mol. The van der Waals surface area contributed by atoms with E-state index in [0.29, 0.717) is 0 Å². The van der Waals surface area contributed by atoms with E-state index in [-0.39, 0.29) is 10.7 Å². The molecule has 0 spiro atoms. The van der Waals surface area contributed by atoms with Gasteiger partial charge in [0.1, 0.15) is 0 Å². The molecule has 0 unspecified atom stereocenters. The first-order valence-corrected chi connectivity index (χ1v) is 8.70. The third-order valence-electron chi connectivity index (χ3n) is 3.79. The van der Waals surface area contributed by atoms with Gasteiger partial charge in [-0.05, 0) is 73.6 Å². The first kappa shape index (κ1) is 16.6. The number of sulfonamides is 1. The molecule has 3 nitrogen and oxygen atoms in total. The van der Waals surface area contributed by atoms with Crippen LogP contribution in [0.2, 0.25) is 0 Å². The number of allylic oxidation sites excluding steroid dienone is 6. The van der Waals surface area contributed by atoms with Crippen molar-refractivity contribution in [2.24, 2.45) is 5.14 Å². The summed E-state index contributed by atoms with van der Waals surface area (Å²) in [4.78, 5) is 0.111. The summed E-state index contributed by atoms with van der Waals surface area (Å²) in [5.41, 5.74) is 4.44. The monoisotopic (exact) mass is 321 g/mol. The number of primary sulfonamides is 1. The van der Waals surface area contributed by atoms with Gasteiger partial charge in [-0.2, -0.15) is 0 Å². The summed E-state index contributed by atoms with van der Waals surface area (Å²) in [7, 11) is -3.67. The Labute approximate surface area is 131 Å². The number of hydrogen-bond donors (Lipinski definition) is 1. The number of hydrogen-bond acceptors (Lipinski definition) is 2. The Morgan fingerprint density at radius 3 is 2.32 bits per heavy atom. The molecule has 2 rings (SSSR count). The van der Waals surface area contributed by atoms with Crippen LogP contribution in [0.25, 0.3) is 5.57 Å². The molecule has 0 saturated heterocycles. The SMILES string of the molecule is C/C(F)=C\C=C(/C)C1=C(c2ccc(S(N)(=O)=O)cc2)CCC1. The zero-order valence-corrected chi connectivity index (χ0v) is 13.6. The molecule has 2 N–H and O–H groups in total. The van der Waals surface area contributed by atoms with E-state index in [4.69, 9.17) is 5.14 Å². The summed E-state index contributed by atoms with van der Waals surface area (Å²) in [6.07, 6.45) is 6.18. The highest BCUT2D eigenvalue weighted by Gasteiger charge is 2.17. The fraction of sp³-hybridized carbons (Fsp3) is 0.294. The second-order valence-electron chi connectivity index (χ2n) is 5.48. The quantitative estimate of drug-likeness (QED) is 0.849. The van der Waals surface area contributed by atoms with Gasteiger partial charge >= 0.3 is 0 Å². The Morgan fingerprint density at radius 1 is 1.14 bits per heavy atom. The van der Waals surface area contributed by atoms with Crippen LogP contribution in [0.4, 0.5) is 4.39 Å². The lowest BCUT2D eigenvalue weighted by atomic mass is 9.97. The highest BCUT2D eigenvalue weighted by molar-refractivity contribution is 7.89. The summed E-state index contributed by atoms with van der Waals surface area (Å²) in [6, 6.07) is 6.62. The number of benzene rings is 1. The molecule has 0 amide bonds. The van der Waals surface area contributed by atoms with Crippen LogP contribution >= 0.6 is 0 Å². The van der Waals surface area contributed by atoms with Crippen molar-refractivity contribution in [1.82, 2.24) is 0 Å². The Morgan fingerprint density at radius 2 is 1.77 bits per heavy atom. The summed E-state index contributed by atoms with van der Waals surface area (Å²) >= 11 is 0. The molecule has 0 aromatic heterocycles. The smallest absolute Gasteiger partial charge is 0.225 e. The molecule has 0 saturated carbocycles. The molecule has 0 heterocycles. The van der Waals surface area contributed by atoms with Crippen LogP contribution < -0.4 is 5.14 Å². The van der Waals surface area contributed by atoms with Crippen LogP contribution in [0.3, 0.4) is 0 Å². The normalized spacial score (nSPS) is 17.3. The Bertz CT molecular complexity index is 752. The summed E-state index contributed by atoms with van der Waals surface area (Å²) < 4.78 is 35.5. The van der Waals surface area contributed by atoms with Crippen molar-refractivity contribution in [3.05, 3.63) is 59.0 Å². The molecule has 1 aliphatic carbocycles. The molecule has 0 radical (unpaired) electrons. The fourth-order valence-electron chi connectivity index (χ4n) is 2.68. The minimum atomic E-state index is -3.67. The third-order valence-corrected chi connectivity index (χ3v) is 4.72. The lowest BCUT2D eigenvalue weighted by molar-refractivity contribution is 0.598. The largest absolute Gasteiger partial charge is 0.238 e. The van der Waals surface area contributed by atoms with E-state index >= 15 is 0 Å². The second-order valence-corrected chi connectivity index (χ2v) is 7.04. The molecule has 5 heteroatoms. The maximum absolute atomic E-state index is 12.9. The molecule has 22 heavy (non-hydrogen) atoms. The highest BCUT2D eigenvalue weighted by atomic mass is 32.2. The van der Waals surface area contributed by atoms with Crippen LogP contribution in [0.5, 0.6) is 0 Å². The van der Waals surface area contributed by atoms with E-state index in [2.05, 4.69) is 0 Å². The summed E-state index contributed by atoms with van der Waals surface area (Å²) in [6.45, 7) is 3.39. The van der Waals surface area contributed by atoms with Gasteiger partial charge in [-0.1, -0.05) is 18.2 Å². The molecule has 1 aliphatic rings. The molecule has 0 atom stereocenters. The number of halogens is 1. The van der Waals surface area contributed by atoms with Crippen LogP contribution in [-0.4, -0.2) is 8.42 Å². The lowest BCUT2D eigenvalue weighted by Gasteiger charge is -2.09. The third kappa shape index (κ3) is 3.93. The molecular formula is C17H20FNO2S. The van der Waals surface area contributed by atoms with Gasteiger partial charge in [0.05, 0.1) is 10.7 Å². The predicted molar refractivity (Wildman–Crippen MR) is 87.2 cm³/mol. The zero-order valence-electron chi connectivity index (χ0n) is 12.8. The maximum atomic E-state index is 12.9. The second kappa shape index (κ2) is 6.58. The van der Waals surface area contributed by atoms with Crippen molar-refractivity contribution < 1.29 is 12.8 Å². The average molecular weight is 321 g/mol. The molecule has 118 valence electrons. The first-order chi connectivity index (χ1) is 10.3. The average Bonchev–Trinajstić information content (AvgIpc) is 2.93. The Balaban J connectivity index is 2.39. The van der Waals surface area contributed by atoms with E-state index in [9.17, 15) is 12.8 Å². The van der Waals surface area contributed by atoms with Crippen LogP contribution in [0.1, 0.15) is 38.7 Å². The van der Waals surface area contributed by atoms with Crippen molar-refractivity contribution in [3.63, 3.8) is 0 Å². The minimum Gasteiger partial charge on any atom is -0.225 e. The van der Waals surface area contributed by atoms with E-state index in [1.165, 1.54) is 36.3 Å².